The number of ether oxygens (including phenoxy) is 1. The van der Waals surface area contributed by atoms with Gasteiger partial charge in [0.2, 0.25) is 5.91 Å². The Morgan fingerprint density at radius 3 is 2.82 bits per heavy atom. The van der Waals surface area contributed by atoms with E-state index in [0.29, 0.717) is 23.6 Å². The Morgan fingerprint density at radius 2 is 2.18 bits per heavy atom. The van der Waals surface area contributed by atoms with Crippen molar-refractivity contribution in [3.63, 3.8) is 0 Å². The Labute approximate surface area is 105 Å². The number of carbonyl (C=O) groups is 2. The largest absolute Gasteiger partial charge is 0.462 e. The number of esters is 1. The Balaban J connectivity index is 2.72. The second-order valence-corrected chi connectivity index (χ2v) is 4.15. The molecule has 1 aromatic rings. The third-order valence-corrected chi connectivity index (χ3v) is 2.48. The summed E-state index contributed by atoms with van der Waals surface area (Å²) in [5.41, 5.74) is 1.04. The predicted octanol–water partition coefficient (Wildman–Crippen LogP) is 2.16. The molecular formula is C12H15NO3S. The van der Waals surface area contributed by atoms with E-state index in [0.717, 1.165) is 0 Å². The highest BCUT2D eigenvalue weighted by molar-refractivity contribution is 7.99. The van der Waals surface area contributed by atoms with Crippen molar-refractivity contribution in [1.29, 1.82) is 0 Å². The number of amides is 1. The van der Waals surface area contributed by atoms with Crippen molar-refractivity contribution in [3.8, 4) is 0 Å². The molecule has 0 fully saturated rings. The quantitative estimate of drug-likeness (QED) is 0.817. The van der Waals surface area contributed by atoms with Gasteiger partial charge < -0.3 is 10.1 Å². The minimum atomic E-state index is -0.381. The fraction of sp³-hybridized carbons (Fsp3) is 0.333. The molecule has 0 saturated carbocycles. The first-order chi connectivity index (χ1) is 8.17. The average Bonchev–Trinajstić information content (AvgIpc) is 2.30. The number of anilines is 1. The van der Waals surface area contributed by atoms with E-state index in [4.69, 9.17) is 4.74 Å². The first-order valence-corrected chi connectivity index (χ1v) is 6.62. The monoisotopic (exact) mass is 253 g/mol. The first-order valence-electron chi connectivity index (χ1n) is 5.23. The van der Waals surface area contributed by atoms with Crippen LogP contribution in [0.3, 0.4) is 0 Å². The number of thioether (sulfide) groups is 1. The van der Waals surface area contributed by atoms with E-state index in [1.807, 2.05) is 6.26 Å². The summed E-state index contributed by atoms with van der Waals surface area (Å²) in [5, 5.41) is 2.71. The average molecular weight is 253 g/mol. The molecule has 0 aliphatic carbocycles. The summed E-state index contributed by atoms with van der Waals surface area (Å²) in [5.74, 6) is -0.0733. The molecule has 92 valence electrons. The molecule has 0 spiro atoms. The first kappa shape index (κ1) is 13.6. The zero-order valence-electron chi connectivity index (χ0n) is 9.86. The van der Waals surface area contributed by atoms with Gasteiger partial charge in [-0.25, -0.2) is 4.79 Å². The molecule has 1 amide bonds. The van der Waals surface area contributed by atoms with Gasteiger partial charge in [0.25, 0.3) is 0 Å². The van der Waals surface area contributed by atoms with Crippen molar-refractivity contribution in [2.24, 2.45) is 0 Å². The van der Waals surface area contributed by atoms with Crippen LogP contribution in [0, 0.1) is 0 Å². The Hall–Kier alpha value is -1.49. The molecule has 0 bridgehead atoms. The van der Waals surface area contributed by atoms with Crippen molar-refractivity contribution in [2.45, 2.75) is 6.92 Å². The molecule has 1 rings (SSSR count). The standard InChI is InChI=1S/C12H15NO3S/c1-3-16-12(15)9-5-4-6-10(7-9)13-11(14)8-17-2/h4-7H,3,8H2,1-2H3,(H,13,14). The lowest BCUT2D eigenvalue weighted by atomic mass is 10.2. The third-order valence-electron chi connectivity index (χ3n) is 1.93. The summed E-state index contributed by atoms with van der Waals surface area (Å²) in [6.07, 6.45) is 1.86. The normalized spacial score (nSPS) is 9.76. The Bertz CT molecular complexity index is 406. The van der Waals surface area contributed by atoms with E-state index in [-0.39, 0.29) is 11.9 Å². The van der Waals surface area contributed by atoms with Crippen molar-refractivity contribution in [3.05, 3.63) is 29.8 Å². The highest BCUT2D eigenvalue weighted by atomic mass is 32.2. The van der Waals surface area contributed by atoms with Crippen LogP contribution in [0.1, 0.15) is 17.3 Å². The van der Waals surface area contributed by atoms with Crippen molar-refractivity contribution in [2.75, 3.05) is 23.9 Å². The summed E-state index contributed by atoms with van der Waals surface area (Å²) in [6.45, 7) is 2.09. The van der Waals surface area contributed by atoms with Crippen molar-refractivity contribution < 1.29 is 14.3 Å². The van der Waals surface area contributed by atoms with Crippen LogP contribution < -0.4 is 5.32 Å². The summed E-state index contributed by atoms with van der Waals surface area (Å²) >= 11 is 1.44. The topological polar surface area (TPSA) is 55.4 Å². The number of hydrogen-bond acceptors (Lipinski definition) is 4. The Kier molecular flexibility index (Phi) is 5.56. The van der Waals surface area contributed by atoms with Gasteiger partial charge in [-0.05, 0) is 31.4 Å². The zero-order valence-corrected chi connectivity index (χ0v) is 10.7. The minimum Gasteiger partial charge on any atom is -0.462 e. The molecule has 0 aliphatic rings. The highest BCUT2D eigenvalue weighted by Gasteiger charge is 2.07. The van der Waals surface area contributed by atoms with Crippen LogP contribution in [0.25, 0.3) is 0 Å². The zero-order chi connectivity index (χ0) is 12.7. The smallest absolute Gasteiger partial charge is 0.338 e. The van der Waals surface area contributed by atoms with Gasteiger partial charge in [0.15, 0.2) is 0 Å². The van der Waals surface area contributed by atoms with E-state index in [2.05, 4.69) is 5.32 Å². The second-order valence-electron chi connectivity index (χ2n) is 3.28. The van der Waals surface area contributed by atoms with E-state index in [1.54, 1.807) is 31.2 Å². The van der Waals surface area contributed by atoms with Gasteiger partial charge in [-0.15, -0.1) is 0 Å². The molecule has 0 unspecified atom stereocenters. The van der Waals surface area contributed by atoms with Crippen LogP contribution >= 0.6 is 11.8 Å². The molecule has 0 aromatic heterocycles. The van der Waals surface area contributed by atoms with Crippen LogP contribution in [0.5, 0.6) is 0 Å². The van der Waals surface area contributed by atoms with Gasteiger partial charge >= 0.3 is 5.97 Å². The van der Waals surface area contributed by atoms with E-state index < -0.39 is 0 Å². The molecule has 5 heteroatoms. The van der Waals surface area contributed by atoms with Gasteiger partial charge in [-0.2, -0.15) is 11.8 Å². The third kappa shape index (κ3) is 4.48. The lowest BCUT2D eigenvalue weighted by molar-refractivity contribution is -0.113. The molecule has 0 heterocycles. The van der Waals surface area contributed by atoms with Crippen LogP contribution in [0.4, 0.5) is 5.69 Å². The number of rotatable bonds is 5. The van der Waals surface area contributed by atoms with E-state index in [1.165, 1.54) is 11.8 Å². The molecule has 1 N–H and O–H groups in total. The highest BCUT2D eigenvalue weighted by Crippen LogP contribution is 2.12. The summed E-state index contributed by atoms with van der Waals surface area (Å²) in [7, 11) is 0. The van der Waals surface area contributed by atoms with E-state index >= 15 is 0 Å². The lowest BCUT2D eigenvalue weighted by Gasteiger charge is -2.06. The molecule has 17 heavy (non-hydrogen) atoms. The van der Waals surface area contributed by atoms with Crippen molar-refractivity contribution in [1.82, 2.24) is 0 Å². The lowest BCUT2D eigenvalue weighted by Crippen LogP contribution is -2.14. The van der Waals surface area contributed by atoms with Gasteiger partial charge in [0, 0.05) is 5.69 Å². The number of hydrogen-bond donors (Lipinski definition) is 1. The van der Waals surface area contributed by atoms with E-state index in [9.17, 15) is 9.59 Å². The molecule has 0 radical (unpaired) electrons. The summed E-state index contributed by atoms with van der Waals surface area (Å²) in [4.78, 5) is 22.8. The summed E-state index contributed by atoms with van der Waals surface area (Å²) in [6, 6.07) is 6.71. The van der Waals surface area contributed by atoms with Gasteiger partial charge in [0.05, 0.1) is 17.9 Å². The van der Waals surface area contributed by atoms with Crippen molar-refractivity contribution >= 4 is 29.3 Å². The number of benzene rings is 1. The maximum atomic E-state index is 11.5. The second kappa shape index (κ2) is 6.96. The molecule has 4 nitrogen and oxygen atoms in total. The molecule has 0 saturated heterocycles. The maximum Gasteiger partial charge on any atom is 0.338 e. The van der Waals surface area contributed by atoms with Crippen LogP contribution in [0.15, 0.2) is 24.3 Å². The van der Waals surface area contributed by atoms with Crippen LogP contribution in [0.2, 0.25) is 0 Å². The number of nitrogens with one attached hydrogen (secondary N) is 1. The molecular weight excluding hydrogens is 238 g/mol. The van der Waals surface area contributed by atoms with Crippen LogP contribution in [-0.4, -0.2) is 30.5 Å². The molecule has 0 atom stereocenters. The summed E-state index contributed by atoms with van der Waals surface area (Å²) < 4.78 is 4.88. The van der Waals surface area contributed by atoms with Gasteiger partial charge in [-0.1, -0.05) is 6.07 Å². The predicted molar refractivity (Wildman–Crippen MR) is 69.4 cm³/mol. The van der Waals surface area contributed by atoms with Gasteiger partial charge in [0.1, 0.15) is 0 Å². The molecule has 0 aliphatic heterocycles. The minimum absolute atomic E-state index is 0.0847. The SMILES string of the molecule is CCOC(=O)c1cccc(NC(=O)CSC)c1. The molecule has 1 aromatic carbocycles. The van der Waals surface area contributed by atoms with Crippen LogP contribution in [-0.2, 0) is 9.53 Å². The Morgan fingerprint density at radius 1 is 1.41 bits per heavy atom. The fourth-order valence-electron chi connectivity index (χ4n) is 1.27. The maximum absolute atomic E-state index is 11.5. The fourth-order valence-corrected chi connectivity index (χ4v) is 1.60. The van der Waals surface area contributed by atoms with Gasteiger partial charge in [-0.3, -0.25) is 4.79 Å². The number of carbonyl (C=O) groups excluding carboxylic acids is 2.